The number of anilines is 2. The normalized spacial score (nSPS) is 19.9. The lowest BCUT2D eigenvalue weighted by Crippen LogP contribution is -2.64. The van der Waals surface area contributed by atoms with Gasteiger partial charge >= 0.3 is 0 Å². The van der Waals surface area contributed by atoms with Crippen LogP contribution in [0.15, 0.2) is 176 Å². The van der Waals surface area contributed by atoms with E-state index in [2.05, 4.69) is 209 Å². The Kier molecular flexibility index (Phi) is 7.20. The molecule has 0 N–H and O–H groups in total. The molecule has 1 aliphatic heterocycles. The van der Waals surface area contributed by atoms with E-state index in [0.717, 1.165) is 0 Å². The lowest BCUT2D eigenvalue weighted by atomic mass is 9.51. The number of hydrogen-bond donors (Lipinski definition) is 0. The third-order valence-electron chi connectivity index (χ3n) is 15.4. The lowest BCUT2D eigenvalue weighted by Gasteiger charge is -2.59. The van der Waals surface area contributed by atoms with Gasteiger partial charge in [-0.05, 0) is 148 Å². The van der Waals surface area contributed by atoms with Crippen molar-refractivity contribution in [3.05, 3.63) is 181 Å². The van der Waals surface area contributed by atoms with E-state index in [1.807, 2.05) is 0 Å². The van der Waals surface area contributed by atoms with Gasteiger partial charge in [-0.25, -0.2) is 0 Å². The maximum Gasteiger partial charge on any atom is 0.0568 e. The van der Waals surface area contributed by atoms with Crippen molar-refractivity contribution in [2.24, 2.45) is 5.41 Å². The van der Waals surface area contributed by atoms with Crippen LogP contribution in [0.4, 0.5) is 11.4 Å². The summed E-state index contributed by atoms with van der Waals surface area (Å²) in [5, 5.41) is 13.0. The van der Waals surface area contributed by atoms with Crippen LogP contribution in [0.3, 0.4) is 0 Å². The quantitative estimate of drug-likeness (QED) is 0.162. The second-order valence-corrected chi connectivity index (χ2v) is 18.4. The molecule has 1 nitrogen and oxygen atoms in total. The topological polar surface area (TPSA) is 3.24 Å². The van der Waals surface area contributed by atoms with E-state index >= 15 is 0 Å². The van der Waals surface area contributed by atoms with Crippen LogP contribution in [0.25, 0.3) is 87.2 Å². The van der Waals surface area contributed by atoms with Crippen molar-refractivity contribution >= 4 is 65.2 Å². The van der Waals surface area contributed by atoms with Crippen molar-refractivity contribution in [3.8, 4) is 33.4 Å². The molecule has 1 heterocycles. The van der Waals surface area contributed by atoms with E-state index in [-0.39, 0.29) is 16.4 Å². The molecule has 0 aromatic heterocycles. The monoisotopic (exact) mass is 757 g/mol. The molecule has 2 aliphatic rings. The fourth-order valence-corrected chi connectivity index (χ4v) is 12.1. The molecule has 0 spiro atoms. The van der Waals surface area contributed by atoms with E-state index in [1.54, 1.807) is 0 Å². The largest absolute Gasteiger partial charge is 0.334 e. The van der Waals surface area contributed by atoms with Crippen LogP contribution in [0, 0.1) is 5.41 Å². The fourth-order valence-electron chi connectivity index (χ4n) is 12.1. The van der Waals surface area contributed by atoms with Crippen LogP contribution in [0.5, 0.6) is 0 Å². The highest BCUT2D eigenvalue weighted by Gasteiger charge is 2.64. The summed E-state index contributed by atoms with van der Waals surface area (Å²) in [6, 6.07) is 66.6. The fraction of sp³-hybridized carbons (Fsp3) is 0.172. The predicted molar refractivity (Wildman–Crippen MR) is 253 cm³/mol. The second-order valence-electron chi connectivity index (χ2n) is 18.4. The summed E-state index contributed by atoms with van der Waals surface area (Å²) in [6.07, 6.45) is 3.62. The van der Waals surface area contributed by atoms with Crippen molar-refractivity contribution in [1.82, 2.24) is 0 Å². The molecule has 1 aliphatic carbocycles. The number of rotatable bonds is 4. The molecule has 12 rings (SSSR count). The predicted octanol–water partition coefficient (Wildman–Crippen LogP) is 16.3. The molecular weight excluding hydrogens is 711 g/mol. The minimum atomic E-state index is -0.102. The number of benzene rings is 10. The highest BCUT2D eigenvalue weighted by molar-refractivity contribution is 6.31. The van der Waals surface area contributed by atoms with Gasteiger partial charge in [0.05, 0.1) is 5.54 Å². The molecule has 1 fully saturated rings. The third kappa shape index (κ3) is 4.62. The maximum atomic E-state index is 2.71. The van der Waals surface area contributed by atoms with E-state index in [9.17, 15) is 0 Å². The van der Waals surface area contributed by atoms with Crippen molar-refractivity contribution in [2.75, 3.05) is 4.90 Å². The van der Waals surface area contributed by atoms with Gasteiger partial charge in [-0.3, -0.25) is 0 Å². The van der Waals surface area contributed by atoms with Crippen molar-refractivity contribution in [1.29, 1.82) is 0 Å². The molecule has 2 atom stereocenters. The van der Waals surface area contributed by atoms with Gasteiger partial charge in [0, 0.05) is 16.8 Å². The Balaban J connectivity index is 1.17. The number of para-hydroxylation sites is 1. The van der Waals surface area contributed by atoms with Crippen LogP contribution in [-0.4, -0.2) is 5.54 Å². The first kappa shape index (κ1) is 34.6. The molecule has 2 unspecified atom stereocenters. The zero-order valence-electron chi connectivity index (χ0n) is 34.3. The summed E-state index contributed by atoms with van der Waals surface area (Å²) < 4.78 is 0. The average Bonchev–Trinajstić information content (AvgIpc) is 3.48. The Labute approximate surface area is 346 Å². The molecule has 284 valence electrons. The third-order valence-corrected chi connectivity index (χ3v) is 15.4. The minimum absolute atomic E-state index is 0.0362. The van der Waals surface area contributed by atoms with Gasteiger partial charge in [-0.2, -0.15) is 0 Å². The molecule has 0 amide bonds. The van der Waals surface area contributed by atoms with Gasteiger partial charge in [0.1, 0.15) is 0 Å². The SMILES string of the molecule is CC1(C)CCCC2(C)c3cc(-c4cc(-c5cccc6ccccc56)c5ccc6ccc(-c7cccc8ccccc78)c7ccc4c5c67)ccc3N(c3ccccc3)C12C. The van der Waals surface area contributed by atoms with Gasteiger partial charge in [-0.1, -0.05) is 173 Å². The van der Waals surface area contributed by atoms with Gasteiger partial charge in [-0.15, -0.1) is 0 Å². The number of nitrogens with zero attached hydrogens (tertiary/aromatic N) is 1. The van der Waals surface area contributed by atoms with Gasteiger partial charge in [0.2, 0.25) is 0 Å². The number of hydrogen-bond acceptors (Lipinski definition) is 1. The summed E-state index contributed by atoms with van der Waals surface area (Å²) >= 11 is 0. The Morgan fingerprint density at radius 3 is 1.71 bits per heavy atom. The van der Waals surface area contributed by atoms with Gasteiger partial charge < -0.3 is 4.90 Å². The van der Waals surface area contributed by atoms with E-state index < -0.39 is 0 Å². The van der Waals surface area contributed by atoms with Crippen LogP contribution in [0.2, 0.25) is 0 Å². The van der Waals surface area contributed by atoms with E-state index in [0.29, 0.717) is 0 Å². The highest BCUT2D eigenvalue weighted by atomic mass is 15.3. The molecule has 1 saturated carbocycles. The minimum Gasteiger partial charge on any atom is -0.334 e. The smallest absolute Gasteiger partial charge is 0.0568 e. The molecule has 0 saturated heterocycles. The van der Waals surface area contributed by atoms with Gasteiger partial charge in [0.25, 0.3) is 0 Å². The zero-order valence-corrected chi connectivity index (χ0v) is 34.3. The summed E-state index contributed by atoms with van der Waals surface area (Å²) in [4.78, 5) is 2.71. The summed E-state index contributed by atoms with van der Waals surface area (Å²) in [5.74, 6) is 0. The number of fused-ring (bicyclic) bond motifs is 5. The average molecular weight is 758 g/mol. The van der Waals surface area contributed by atoms with Crippen LogP contribution in [0.1, 0.15) is 52.5 Å². The van der Waals surface area contributed by atoms with Crippen molar-refractivity contribution in [2.45, 2.75) is 57.9 Å². The first-order valence-corrected chi connectivity index (χ1v) is 21.5. The molecule has 59 heavy (non-hydrogen) atoms. The molecule has 1 heteroatoms. The van der Waals surface area contributed by atoms with Crippen LogP contribution in [-0.2, 0) is 5.41 Å². The first-order valence-electron chi connectivity index (χ1n) is 21.5. The summed E-state index contributed by atoms with van der Waals surface area (Å²) in [5.41, 5.74) is 11.8. The molecule has 0 radical (unpaired) electrons. The standard InChI is InChI=1S/C58H47N/c1-56(2)33-14-34-57(3)52-35-40(27-32-53(52)59(58(56,57)4)41-19-6-5-7-20-41)50-36-51(45-24-13-18-38-16-9-11-22-43(38)45)49-29-26-39-25-28-46(47-30-31-48(50)55(49)54(39)47)44-23-12-17-37-15-8-10-21-42(37)44/h5-13,15-32,35-36H,14,33-34H2,1-4H3. The first-order chi connectivity index (χ1) is 28.8. The Morgan fingerprint density at radius 1 is 0.407 bits per heavy atom. The summed E-state index contributed by atoms with van der Waals surface area (Å²) in [6.45, 7) is 10.1. The van der Waals surface area contributed by atoms with Crippen LogP contribution >= 0.6 is 0 Å². The highest BCUT2D eigenvalue weighted by Crippen LogP contribution is 2.66. The van der Waals surface area contributed by atoms with Crippen molar-refractivity contribution < 1.29 is 0 Å². The Bertz CT molecular complexity index is 3310. The lowest BCUT2D eigenvalue weighted by molar-refractivity contribution is 0.0484. The van der Waals surface area contributed by atoms with Gasteiger partial charge in [0.15, 0.2) is 0 Å². The maximum absolute atomic E-state index is 2.71. The Morgan fingerprint density at radius 2 is 0.983 bits per heavy atom. The molecule has 10 aromatic rings. The van der Waals surface area contributed by atoms with Crippen molar-refractivity contribution in [3.63, 3.8) is 0 Å². The molecular formula is C58H47N. The Hall–Kier alpha value is -6.44. The van der Waals surface area contributed by atoms with E-state index in [1.165, 1.54) is 123 Å². The second kappa shape index (κ2) is 12.3. The molecule has 0 bridgehead atoms. The molecule has 10 aromatic carbocycles. The summed E-state index contributed by atoms with van der Waals surface area (Å²) in [7, 11) is 0. The zero-order chi connectivity index (χ0) is 39.7. The van der Waals surface area contributed by atoms with Crippen LogP contribution < -0.4 is 4.90 Å². The van der Waals surface area contributed by atoms with E-state index in [4.69, 9.17) is 0 Å².